The SMILES string of the molecule is C#CCOc1cccc(Nc2ncc(F)c(Nc3cccc(C(=O)C=C(C)C)c3)n2)c1.C=CC(=O)Nc1cccc(Nc2nc(Nc3cccc(OCCCN4CCOCC4)c3)ncc2F)c1.CC(C)=CC(=O)c1cccc(Nc2nc(Nc3cccc(OC(F)(F)F)c3)ncc2F)c1. The molecule has 27 heteroatoms. The summed E-state index contributed by atoms with van der Waals surface area (Å²) in [4.78, 5) is 62.6. The number of benzene rings is 6. The molecule has 1 aliphatic heterocycles. The highest BCUT2D eigenvalue weighted by Crippen LogP contribution is 2.30. The van der Waals surface area contributed by atoms with Gasteiger partial charge in [-0.25, -0.2) is 28.1 Å². The minimum Gasteiger partial charge on any atom is -0.493 e. The van der Waals surface area contributed by atoms with E-state index in [1.165, 1.54) is 24.3 Å². The molecule has 1 aliphatic rings. The van der Waals surface area contributed by atoms with Crippen molar-refractivity contribution in [2.24, 2.45) is 0 Å². The fraction of sp³-hybridized carbons (Fsp3) is 0.181. The van der Waals surface area contributed by atoms with Gasteiger partial charge in [0.15, 0.2) is 46.5 Å². The maximum absolute atomic E-state index is 14.4. The molecule has 21 nitrogen and oxygen atoms in total. The first-order valence-corrected chi connectivity index (χ1v) is 30.5. The van der Waals surface area contributed by atoms with E-state index < -0.39 is 29.6 Å². The van der Waals surface area contributed by atoms with Crippen molar-refractivity contribution in [3.8, 4) is 29.6 Å². The second-order valence-electron chi connectivity index (χ2n) is 21.8. The van der Waals surface area contributed by atoms with E-state index in [1.807, 2.05) is 38.1 Å². The first-order chi connectivity index (χ1) is 47.6. The molecule has 10 rings (SSSR count). The molecule has 7 N–H and O–H groups in total. The summed E-state index contributed by atoms with van der Waals surface area (Å²) in [6.07, 6.45) is 8.57. The molecule has 0 aliphatic carbocycles. The molecule has 1 fully saturated rings. The van der Waals surface area contributed by atoms with Crippen molar-refractivity contribution >= 4 is 92.6 Å². The number of anilines is 13. The van der Waals surface area contributed by atoms with Gasteiger partial charge in [-0.1, -0.05) is 72.2 Å². The van der Waals surface area contributed by atoms with E-state index in [0.29, 0.717) is 57.6 Å². The number of hydrogen-bond donors (Lipinski definition) is 7. The van der Waals surface area contributed by atoms with Gasteiger partial charge in [0.1, 0.15) is 23.9 Å². The molecule has 510 valence electrons. The maximum atomic E-state index is 14.4. The van der Waals surface area contributed by atoms with Crippen LogP contribution in [-0.4, -0.2) is 105 Å². The lowest BCUT2D eigenvalue weighted by molar-refractivity contribution is -0.274. The molecular formula is C72H68F6N14O7. The predicted octanol–water partition coefficient (Wildman–Crippen LogP) is 15.7. The van der Waals surface area contributed by atoms with Gasteiger partial charge in [0, 0.05) is 88.8 Å². The van der Waals surface area contributed by atoms with Crippen LogP contribution in [0.1, 0.15) is 54.8 Å². The highest BCUT2D eigenvalue weighted by Gasteiger charge is 2.31. The average Bonchev–Trinajstić information content (AvgIpc) is 0.879. The number of nitrogens with zero attached hydrogens (tertiary/aromatic N) is 7. The van der Waals surface area contributed by atoms with Crippen molar-refractivity contribution in [1.29, 1.82) is 0 Å². The van der Waals surface area contributed by atoms with Crippen molar-refractivity contribution in [2.45, 2.75) is 40.5 Å². The number of allylic oxidation sites excluding steroid dienone is 4. The van der Waals surface area contributed by atoms with E-state index in [1.54, 1.807) is 117 Å². The molecule has 6 aromatic carbocycles. The van der Waals surface area contributed by atoms with E-state index in [4.69, 9.17) is 20.6 Å². The Bertz CT molecular complexity index is 4390. The van der Waals surface area contributed by atoms with Crippen molar-refractivity contribution in [3.63, 3.8) is 0 Å². The zero-order valence-electron chi connectivity index (χ0n) is 54.0. The quantitative estimate of drug-likeness (QED) is 0.00875. The minimum absolute atomic E-state index is 0.00443. The lowest BCUT2D eigenvalue weighted by atomic mass is 10.1. The Morgan fingerprint density at radius 3 is 1.38 bits per heavy atom. The number of ketones is 2. The fourth-order valence-electron chi connectivity index (χ4n) is 8.93. The number of carbonyl (C=O) groups excluding carboxylic acids is 3. The zero-order chi connectivity index (χ0) is 70.7. The maximum Gasteiger partial charge on any atom is 0.573 e. The third-order valence-corrected chi connectivity index (χ3v) is 13.3. The van der Waals surface area contributed by atoms with Crippen molar-refractivity contribution in [3.05, 3.63) is 229 Å². The van der Waals surface area contributed by atoms with E-state index in [-0.39, 0.29) is 65.1 Å². The lowest BCUT2D eigenvalue weighted by Crippen LogP contribution is -2.37. The highest BCUT2D eigenvalue weighted by atomic mass is 19.4. The third kappa shape index (κ3) is 24.5. The number of alkyl halides is 3. The number of carbonyl (C=O) groups is 3. The number of hydrogen-bond acceptors (Lipinski definition) is 20. The van der Waals surface area contributed by atoms with Gasteiger partial charge in [-0.05, 0) is 131 Å². The zero-order valence-corrected chi connectivity index (χ0v) is 54.0. The van der Waals surface area contributed by atoms with Crippen LogP contribution < -0.4 is 51.4 Å². The van der Waals surface area contributed by atoms with Crippen LogP contribution in [0.5, 0.6) is 17.2 Å². The van der Waals surface area contributed by atoms with Crippen LogP contribution in [0.4, 0.5) is 101 Å². The average molecular weight is 1360 g/mol. The minimum atomic E-state index is -4.83. The molecule has 0 unspecified atom stereocenters. The van der Waals surface area contributed by atoms with Crippen LogP contribution in [0.3, 0.4) is 0 Å². The van der Waals surface area contributed by atoms with Gasteiger partial charge in [0.25, 0.3) is 0 Å². The Kier molecular flexibility index (Phi) is 26.5. The van der Waals surface area contributed by atoms with Crippen LogP contribution in [-0.2, 0) is 9.53 Å². The normalized spacial score (nSPS) is 11.6. The molecule has 99 heavy (non-hydrogen) atoms. The standard InChI is InChI=1S/C26H29FN6O3.C24H21FN4O2.C22H18F4N4O2/c1-2-24(34)29-19-6-3-7-20(16-19)30-25-23(27)18-28-26(32-25)31-21-8-4-9-22(17-21)36-13-5-10-33-11-14-35-15-12-33;1-4-11-31-20-10-6-9-19(14-20)28-24-26-15-21(25)23(29-24)27-18-8-5-7-17(13-18)22(30)12-16(2)3;1-13(2)9-19(31)14-5-3-6-15(10-14)28-20-18(23)12-27-21(30-20)29-16-7-4-8-17(11-16)32-22(24,25)26/h2-4,6-9,16-18H,1,5,10-15H2,(H,29,34)(H2,28,30,31,32);1,5-10,12-15H,11H2,2-3H3,(H2,26,27,28,29);3-12H,1-2H3,(H2,27,28,29,30). The molecule has 1 saturated heterocycles. The van der Waals surface area contributed by atoms with Crippen molar-refractivity contribution in [2.75, 3.05) is 83.3 Å². The first kappa shape index (κ1) is 72.7. The summed E-state index contributed by atoms with van der Waals surface area (Å²) in [6.45, 7) is 16.0. The van der Waals surface area contributed by atoms with Gasteiger partial charge in [-0.2, -0.15) is 15.0 Å². The molecule has 9 aromatic rings. The smallest absolute Gasteiger partial charge is 0.493 e. The van der Waals surface area contributed by atoms with Gasteiger partial charge >= 0.3 is 6.36 Å². The number of nitrogens with one attached hydrogen (secondary N) is 7. The number of amides is 1. The topological polar surface area (TPSA) is 253 Å². The summed E-state index contributed by atoms with van der Waals surface area (Å²) < 4.78 is 101. The van der Waals surface area contributed by atoms with Crippen molar-refractivity contribution in [1.82, 2.24) is 34.8 Å². The van der Waals surface area contributed by atoms with E-state index in [9.17, 15) is 40.7 Å². The summed E-state index contributed by atoms with van der Waals surface area (Å²) in [6, 6.07) is 39.7. The lowest BCUT2D eigenvalue weighted by Gasteiger charge is -2.26. The number of morpholine rings is 1. The van der Waals surface area contributed by atoms with Gasteiger partial charge in [0.05, 0.1) is 38.4 Å². The number of terminal acetylenes is 1. The molecule has 1 amide bonds. The van der Waals surface area contributed by atoms with E-state index >= 15 is 0 Å². The molecule has 3 aromatic heterocycles. The second kappa shape index (κ2) is 36.1. The highest BCUT2D eigenvalue weighted by molar-refractivity contribution is 6.06. The molecule has 0 saturated carbocycles. The Morgan fingerprint density at radius 1 is 0.556 bits per heavy atom. The first-order valence-electron chi connectivity index (χ1n) is 30.5. The van der Waals surface area contributed by atoms with Gasteiger partial charge < -0.3 is 56.2 Å². The summed E-state index contributed by atoms with van der Waals surface area (Å²) in [5.41, 5.74) is 6.25. The van der Waals surface area contributed by atoms with Gasteiger partial charge in [-0.15, -0.1) is 19.6 Å². The Balaban J connectivity index is 0.000000190. The van der Waals surface area contributed by atoms with E-state index in [2.05, 4.69) is 89.3 Å². The summed E-state index contributed by atoms with van der Waals surface area (Å²) in [5.74, 6) is 0.763. The number of halogens is 6. The number of ether oxygens (including phenoxy) is 4. The summed E-state index contributed by atoms with van der Waals surface area (Å²) in [7, 11) is 0. The second-order valence-corrected chi connectivity index (χ2v) is 21.8. The van der Waals surface area contributed by atoms with Crippen molar-refractivity contribution < 1.29 is 59.7 Å². The molecule has 0 atom stereocenters. The predicted molar refractivity (Wildman–Crippen MR) is 369 cm³/mol. The molecule has 4 heterocycles. The monoisotopic (exact) mass is 1350 g/mol. The van der Waals surface area contributed by atoms with E-state index in [0.717, 1.165) is 86.9 Å². The van der Waals surface area contributed by atoms with Gasteiger partial charge in [-0.3, -0.25) is 19.3 Å². The largest absolute Gasteiger partial charge is 0.573 e. The fourth-order valence-corrected chi connectivity index (χ4v) is 8.93. The third-order valence-electron chi connectivity index (χ3n) is 13.3. The Morgan fingerprint density at radius 2 is 0.949 bits per heavy atom. The summed E-state index contributed by atoms with van der Waals surface area (Å²) >= 11 is 0. The van der Waals surface area contributed by atoms with Crippen LogP contribution >= 0.6 is 0 Å². The number of rotatable bonds is 26. The molecule has 0 spiro atoms. The molecule has 0 radical (unpaired) electrons. The Hall–Kier alpha value is -12.2. The van der Waals surface area contributed by atoms with Crippen LogP contribution in [0.15, 0.2) is 200 Å². The van der Waals surface area contributed by atoms with Crippen LogP contribution in [0, 0.1) is 29.8 Å². The summed E-state index contributed by atoms with van der Waals surface area (Å²) in [5, 5.41) is 20.0. The van der Waals surface area contributed by atoms with Crippen LogP contribution in [0.25, 0.3) is 0 Å². The molecule has 0 bridgehead atoms. The molecular weight excluding hydrogens is 1290 g/mol. The van der Waals surface area contributed by atoms with Gasteiger partial charge in [0.2, 0.25) is 23.8 Å². The Labute approximate surface area is 566 Å². The van der Waals surface area contributed by atoms with Crippen LogP contribution in [0.2, 0.25) is 0 Å². The number of aromatic nitrogens is 6.